The molecule has 3 rings (SSSR count). The minimum Gasteiger partial charge on any atom is -0.497 e. The Morgan fingerprint density at radius 3 is 2.62 bits per heavy atom. The number of nitrogens with zero attached hydrogens (tertiary/aromatic N) is 2. The number of aromatic nitrogens is 2. The lowest BCUT2D eigenvalue weighted by Gasteiger charge is -2.10. The van der Waals surface area contributed by atoms with Crippen molar-refractivity contribution in [1.82, 2.24) is 9.55 Å². The molecule has 0 aliphatic rings. The first-order valence-corrected chi connectivity index (χ1v) is 7.62. The Hall–Kier alpha value is -3.68. The number of urea groups is 1. The third kappa shape index (κ3) is 3.86. The summed E-state index contributed by atoms with van der Waals surface area (Å²) in [5.74, 6) is 0.0170. The van der Waals surface area contributed by atoms with E-state index in [0.717, 1.165) is 6.07 Å². The molecule has 1 heterocycles. The van der Waals surface area contributed by atoms with Crippen LogP contribution in [0.15, 0.2) is 65.7 Å². The number of hydrogen-bond donors (Lipinski definition) is 2. The van der Waals surface area contributed by atoms with E-state index in [9.17, 15) is 14.0 Å². The van der Waals surface area contributed by atoms with Crippen LogP contribution in [0, 0.1) is 5.82 Å². The number of carbonyl (C=O) groups excluding carboxylic acids is 1. The SMILES string of the molecule is COc1ccc(-n2ccnc(NC(=O)Nc3cccc(F)c3)c2=O)cc1. The van der Waals surface area contributed by atoms with Crippen LogP contribution >= 0.6 is 0 Å². The number of rotatable bonds is 4. The maximum atomic E-state index is 13.2. The Morgan fingerprint density at radius 1 is 1.15 bits per heavy atom. The monoisotopic (exact) mass is 354 g/mol. The lowest BCUT2D eigenvalue weighted by Crippen LogP contribution is -2.28. The molecule has 132 valence electrons. The van der Waals surface area contributed by atoms with Gasteiger partial charge in [-0.05, 0) is 42.5 Å². The van der Waals surface area contributed by atoms with Crippen LogP contribution in [0.25, 0.3) is 5.69 Å². The molecule has 3 aromatic rings. The zero-order chi connectivity index (χ0) is 18.5. The van der Waals surface area contributed by atoms with Gasteiger partial charge >= 0.3 is 6.03 Å². The first-order chi connectivity index (χ1) is 12.6. The van der Waals surface area contributed by atoms with Gasteiger partial charge in [0.25, 0.3) is 5.56 Å². The summed E-state index contributed by atoms with van der Waals surface area (Å²) in [5, 5.41) is 4.81. The highest BCUT2D eigenvalue weighted by molar-refractivity contribution is 5.99. The second-order valence-corrected chi connectivity index (χ2v) is 5.24. The van der Waals surface area contributed by atoms with Crippen LogP contribution < -0.4 is 20.9 Å². The molecule has 0 aliphatic heterocycles. The number of carbonyl (C=O) groups is 1. The fraction of sp³-hybridized carbons (Fsp3) is 0.0556. The normalized spacial score (nSPS) is 10.2. The fourth-order valence-corrected chi connectivity index (χ4v) is 2.28. The largest absolute Gasteiger partial charge is 0.497 e. The molecule has 1 aromatic heterocycles. The van der Waals surface area contributed by atoms with E-state index < -0.39 is 17.4 Å². The maximum Gasteiger partial charge on any atom is 0.325 e. The highest BCUT2D eigenvalue weighted by Crippen LogP contribution is 2.14. The maximum absolute atomic E-state index is 13.2. The number of amides is 2. The standard InChI is InChI=1S/C18H15FN4O3/c1-26-15-7-5-14(6-8-15)23-10-9-20-16(17(23)24)22-18(25)21-13-4-2-3-12(19)11-13/h2-11H,1H3,(H2,20,21,22,25). The van der Waals surface area contributed by atoms with Crippen molar-refractivity contribution in [2.45, 2.75) is 0 Å². The third-order valence-electron chi connectivity index (χ3n) is 3.51. The average molecular weight is 354 g/mol. The Bertz CT molecular complexity index is 986. The van der Waals surface area contributed by atoms with E-state index in [1.165, 1.54) is 35.2 Å². The molecule has 0 atom stereocenters. The van der Waals surface area contributed by atoms with Crippen LogP contribution in [0.5, 0.6) is 5.75 Å². The van der Waals surface area contributed by atoms with Crippen molar-refractivity contribution in [3.63, 3.8) is 0 Å². The lowest BCUT2D eigenvalue weighted by atomic mass is 10.3. The van der Waals surface area contributed by atoms with E-state index in [2.05, 4.69) is 15.6 Å². The minimum absolute atomic E-state index is 0.155. The van der Waals surface area contributed by atoms with Gasteiger partial charge in [0.1, 0.15) is 11.6 Å². The molecule has 0 fully saturated rings. The summed E-state index contributed by atoms with van der Waals surface area (Å²) < 4.78 is 19.6. The predicted molar refractivity (Wildman–Crippen MR) is 95.4 cm³/mol. The Balaban J connectivity index is 1.80. The Labute approximate surface area is 148 Å². The van der Waals surface area contributed by atoms with Gasteiger partial charge in [-0.2, -0.15) is 0 Å². The molecule has 0 unspecified atom stereocenters. The molecule has 0 radical (unpaired) electrons. The summed E-state index contributed by atoms with van der Waals surface area (Å²) >= 11 is 0. The molecular weight excluding hydrogens is 339 g/mol. The van der Waals surface area contributed by atoms with Gasteiger partial charge in [0.05, 0.1) is 7.11 Å². The fourth-order valence-electron chi connectivity index (χ4n) is 2.28. The van der Waals surface area contributed by atoms with Crippen molar-refractivity contribution in [2.24, 2.45) is 0 Å². The van der Waals surface area contributed by atoms with Gasteiger partial charge in [-0.25, -0.2) is 14.2 Å². The lowest BCUT2D eigenvalue weighted by molar-refractivity contribution is 0.262. The molecule has 2 N–H and O–H groups in total. The summed E-state index contributed by atoms with van der Waals surface area (Å²) in [4.78, 5) is 28.5. The number of nitrogens with one attached hydrogen (secondary N) is 2. The van der Waals surface area contributed by atoms with Crippen molar-refractivity contribution >= 4 is 17.5 Å². The van der Waals surface area contributed by atoms with Crippen LogP contribution in [-0.4, -0.2) is 22.7 Å². The average Bonchev–Trinajstić information content (AvgIpc) is 2.63. The molecule has 2 amide bonds. The Morgan fingerprint density at radius 2 is 1.92 bits per heavy atom. The van der Waals surface area contributed by atoms with Crippen molar-refractivity contribution in [3.8, 4) is 11.4 Å². The smallest absolute Gasteiger partial charge is 0.325 e. The molecular formula is C18H15FN4O3. The molecule has 2 aromatic carbocycles. The zero-order valence-corrected chi connectivity index (χ0v) is 13.8. The van der Waals surface area contributed by atoms with Gasteiger partial charge in [-0.15, -0.1) is 0 Å². The highest BCUT2D eigenvalue weighted by atomic mass is 19.1. The van der Waals surface area contributed by atoms with E-state index in [1.807, 2.05) is 0 Å². The summed E-state index contributed by atoms with van der Waals surface area (Å²) in [6.45, 7) is 0. The molecule has 0 aliphatic carbocycles. The van der Waals surface area contributed by atoms with Crippen LogP contribution in [-0.2, 0) is 0 Å². The van der Waals surface area contributed by atoms with E-state index in [-0.39, 0.29) is 11.5 Å². The number of anilines is 2. The van der Waals surface area contributed by atoms with Crippen LogP contribution in [0.3, 0.4) is 0 Å². The molecule has 8 heteroatoms. The summed E-state index contributed by atoms with van der Waals surface area (Å²) in [5.41, 5.74) is 0.341. The minimum atomic E-state index is -0.701. The number of hydrogen-bond acceptors (Lipinski definition) is 4. The zero-order valence-electron chi connectivity index (χ0n) is 13.8. The molecule has 7 nitrogen and oxygen atoms in total. The van der Waals surface area contributed by atoms with Crippen molar-refractivity contribution in [1.29, 1.82) is 0 Å². The number of halogens is 1. The van der Waals surface area contributed by atoms with Crippen molar-refractivity contribution < 1.29 is 13.9 Å². The number of benzene rings is 2. The predicted octanol–water partition coefficient (Wildman–Crippen LogP) is 3.02. The highest BCUT2D eigenvalue weighted by Gasteiger charge is 2.10. The van der Waals surface area contributed by atoms with E-state index in [4.69, 9.17) is 4.74 Å². The van der Waals surface area contributed by atoms with Gasteiger partial charge < -0.3 is 10.1 Å². The van der Waals surface area contributed by atoms with Gasteiger partial charge in [0.15, 0.2) is 0 Å². The van der Waals surface area contributed by atoms with Crippen molar-refractivity contribution in [3.05, 3.63) is 77.1 Å². The Kier molecular flexibility index (Phi) is 4.93. The molecule has 0 spiro atoms. The first kappa shape index (κ1) is 17.2. The van der Waals surface area contributed by atoms with Gasteiger partial charge in [-0.1, -0.05) is 6.07 Å². The van der Waals surface area contributed by atoms with Gasteiger partial charge in [0.2, 0.25) is 5.82 Å². The second-order valence-electron chi connectivity index (χ2n) is 5.24. The number of ether oxygens (including phenoxy) is 1. The van der Waals surface area contributed by atoms with E-state index >= 15 is 0 Å². The van der Waals surface area contributed by atoms with Crippen LogP contribution in [0.4, 0.5) is 20.7 Å². The molecule has 0 saturated carbocycles. The molecule has 26 heavy (non-hydrogen) atoms. The molecule has 0 saturated heterocycles. The summed E-state index contributed by atoms with van der Waals surface area (Å²) in [6, 6.07) is 11.5. The molecule has 0 bridgehead atoms. The topological polar surface area (TPSA) is 85.2 Å². The van der Waals surface area contributed by atoms with E-state index in [0.29, 0.717) is 11.4 Å². The summed E-state index contributed by atoms with van der Waals surface area (Å²) in [7, 11) is 1.55. The third-order valence-corrected chi connectivity index (χ3v) is 3.51. The van der Waals surface area contributed by atoms with Crippen molar-refractivity contribution in [2.75, 3.05) is 17.7 Å². The second kappa shape index (κ2) is 7.47. The first-order valence-electron chi connectivity index (χ1n) is 7.62. The summed E-state index contributed by atoms with van der Waals surface area (Å²) in [6.07, 6.45) is 2.88. The van der Waals surface area contributed by atoms with Crippen LogP contribution in [0.2, 0.25) is 0 Å². The quantitative estimate of drug-likeness (QED) is 0.754. The van der Waals surface area contributed by atoms with Gasteiger partial charge in [0, 0.05) is 23.8 Å². The van der Waals surface area contributed by atoms with Crippen LogP contribution in [0.1, 0.15) is 0 Å². The number of methoxy groups -OCH3 is 1. The van der Waals surface area contributed by atoms with Gasteiger partial charge in [-0.3, -0.25) is 14.7 Å². The van der Waals surface area contributed by atoms with E-state index in [1.54, 1.807) is 31.4 Å².